The SMILES string of the molecule is CNS(=O)(=O)CCn1c(O)c(C(C)C)c(=O)[nH]c1=O. The Morgan fingerprint density at radius 3 is 2.42 bits per heavy atom. The van der Waals surface area contributed by atoms with Crippen molar-refractivity contribution in [1.29, 1.82) is 0 Å². The standard InChI is InChI=1S/C10H17N3O5S/c1-6(2)7-8(14)12-10(16)13(9(7)15)4-5-19(17,18)11-3/h6,11,15H,4-5H2,1-3H3,(H,12,14,16). The number of rotatable bonds is 5. The van der Waals surface area contributed by atoms with Crippen LogP contribution in [0.2, 0.25) is 0 Å². The highest BCUT2D eigenvalue weighted by molar-refractivity contribution is 7.89. The van der Waals surface area contributed by atoms with Gasteiger partial charge in [0, 0.05) is 6.54 Å². The largest absolute Gasteiger partial charge is 0.494 e. The van der Waals surface area contributed by atoms with Crippen LogP contribution in [0.15, 0.2) is 9.59 Å². The monoisotopic (exact) mass is 291 g/mol. The van der Waals surface area contributed by atoms with Crippen LogP contribution in [0.1, 0.15) is 25.3 Å². The molecule has 0 aliphatic rings. The predicted molar refractivity (Wildman–Crippen MR) is 69.9 cm³/mol. The summed E-state index contributed by atoms with van der Waals surface area (Å²) in [7, 11) is -2.25. The van der Waals surface area contributed by atoms with Gasteiger partial charge in [0.05, 0.1) is 11.3 Å². The first-order valence-corrected chi connectivity index (χ1v) is 7.32. The minimum atomic E-state index is -3.51. The van der Waals surface area contributed by atoms with E-state index in [0.717, 1.165) is 4.57 Å². The highest BCUT2D eigenvalue weighted by Gasteiger charge is 2.18. The van der Waals surface area contributed by atoms with Crippen molar-refractivity contribution in [2.24, 2.45) is 0 Å². The summed E-state index contributed by atoms with van der Waals surface area (Å²) in [5, 5.41) is 9.92. The highest BCUT2D eigenvalue weighted by Crippen LogP contribution is 2.19. The minimum Gasteiger partial charge on any atom is -0.494 e. The molecule has 19 heavy (non-hydrogen) atoms. The second-order valence-electron chi connectivity index (χ2n) is 4.33. The summed E-state index contributed by atoms with van der Waals surface area (Å²) in [5.74, 6) is -1.16. The number of hydrogen-bond donors (Lipinski definition) is 3. The Balaban J connectivity index is 3.26. The first-order chi connectivity index (χ1) is 8.69. The average Bonchev–Trinajstić information content (AvgIpc) is 2.27. The van der Waals surface area contributed by atoms with Gasteiger partial charge in [0.15, 0.2) is 0 Å². The lowest BCUT2D eigenvalue weighted by molar-refractivity contribution is 0.394. The lowest BCUT2D eigenvalue weighted by atomic mass is 10.1. The van der Waals surface area contributed by atoms with E-state index in [-0.39, 0.29) is 23.8 Å². The van der Waals surface area contributed by atoms with Gasteiger partial charge in [-0.1, -0.05) is 13.8 Å². The number of aromatic nitrogens is 2. The van der Waals surface area contributed by atoms with E-state index in [1.54, 1.807) is 13.8 Å². The van der Waals surface area contributed by atoms with E-state index < -0.39 is 27.2 Å². The number of nitrogens with zero attached hydrogens (tertiary/aromatic N) is 1. The fourth-order valence-corrected chi connectivity index (χ4v) is 2.24. The summed E-state index contributed by atoms with van der Waals surface area (Å²) >= 11 is 0. The lowest BCUT2D eigenvalue weighted by Crippen LogP contribution is -2.35. The zero-order chi connectivity index (χ0) is 14.8. The molecule has 0 saturated heterocycles. The number of nitrogens with one attached hydrogen (secondary N) is 2. The van der Waals surface area contributed by atoms with Crippen molar-refractivity contribution < 1.29 is 13.5 Å². The second kappa shape index (κ2) is 5.57. The Morgan fingerprint density at radius 2 is 1.95 bits per heavy atom. The summed E-state index contributed by atoms with van der Waals surface area (Å²) in [6, 6.07) is 0. The van der Waals surface area contributed by atoms with Gasteiger partial charge in [0.1, 0.15) is 0 Å². The van der Waals surface area contributed by atoms with Crippen molar-refractivity contribution in [3.8, 4) is 5.88 Å². The van der Waals surface area contributed by atoms with E-state index in [1.165, 1.54) is 7.05 Å². The molecule has 0 aliphatic carbocycles. The van der Waals surface area contributed by atoms with E-state index in [0.29, 0.717) is 0 Å². The van der Waals surface area contributed by atoms with Gasteiger partial charge in [-0.15, -0.1) is 0 Å². The Bertz CT molecular complexity index is 671. The molecule has 3 N–H and O–H groups in total. The highest BCUT2D eigenvalue weighted by atomic mass is 32.2. The molecule has 8 nitrogen and oxygen atoms in total. The number of aromatic hydroxyl groups is 1. The molecule has 0 amide bonds. The van der Waals surface area contributed by atoms with Crippen LogP contribution in [0.25, 0.3) is 0 Å². The van der Waals surface area contributed by atoms with Crippen LogP contribution in [0.5, 0.6) is 5.88 Å². The third-order valence-corrected chi connectivity index (χ3v) is 4.02. The number of aromatic amines is 1. The quantitative estimate of drug-likeness (QED) is 0.637. The van der Waals surface area contributed by atoms with Crippen molar-refractivity contribution in [3.05, 3.63) is 26.4 Å². The Labute approximate surface area is 110 Å². The fourth-order valence-electron chi connectivity index (χ4n) is 1.62. The van der Waals surface area contributed by atoms with Gasteiger partial charge in [-0.25, -0.2) is 17.9 Å². The third-order valence-electron chi connectivity index (χ3n) is 2.68. The summed E-state index contributed by atoms with van der Waals surface area (Å²) in [5.41, 5.74) is -1.44. The molecule has 1 heterocycles. The van der Waals surface area contributed by atoms with Crippen molar-refractivity contribution >= 4 is 10.0 Å². The molecule has 9 heteroatoms. The van der Waals surface area contributed by atoms with Gasteiger partial charge < -0.3 is 5.11 Å². The molecule has 1 aromatic rings. The molecule has 0 bridgehead atoms. The molecule has 108 valence electrons. The van der Waals surface area contributed by atoms with Crippen LogP contribution in [0.4, 0.5) is 0 Å². The van der Waals surface area contributed by atoms with E-state index in [1.807, 2.05) is 0 Å². The van der Waals surface area contributed by atoms with Crippen molar-refractivity contribution in [1.82, 2.24) is 14.3 Å². The number of hydrogen-bond acceptors (Lipinski definition) is 5. The Hall–Kier alpha value is -1.61. The molecule has 0 aliphatic heterocycles. The molecule has 1 rings (SSSR count). The van der Waals surface area contributed by atoms with Crippen molar-refractivity contribution in [2.45, 2.75) is 26.3 Å². The maximum absolute atomic E-state index is 11.6. The first-order valence-electron chi connectivity index (χ1n) is 5.66. The molecule has 0 atom stereocenters. The van der Waals surface area contributed by atoms with Gasteiger partial charge in [-0.05, 0) is 13.0 Å². The second-order valence-corrected chi connectivity index (χ2v) is 6.37. The van der Waals surface area contributed by atoms with Crippen LogP contribution >= 0.6 is 0 Å². The summed E-state index contributed by atoms with van der Waals surface area (Å²) in [4.78, 5) is 25.2. The lowest BCUT2D eigenvalue weighted by Gasteiger charge is -2.13. The van der Waals surface area contributed by atoms with Crippen LogP contribution in [-0.2, 0) is 16.6 Å². The van der Waals surface area contributed by atoms with Crippen molar-refractivity contribution in [2.75, 3.05) is 12.8 Å². The molecule has 0 aromatic carbocycles. The zero-order valence-corrected chi connectivity index (χ0v) is 11.7. The maximum Gasteiger partial charge on any atom is 0.331 e. The molecule has 1 aromatic heterocycles. The Morgan fingerprint density at radius 1 is 1.37 bits per heavy atom. The minimum absolute atomic E-state index is 0.0569. The maximum atomic E-state index is 11.6. The van der Waals surface area contributed by atoms with Crippen LogP contribution in [-0.4, -0.2) is 35.9 Å². The molecule has 0 radical (unpaired) electrons. The summed E-state index contributed by atoms with van der Waals surface area (Å²) < 4.78 is 25.5. The van der Waals surface area contributed by atoms with Gasteiger partial charge in [-0.2, -0.15) is 0 Å². The topological polar surface area (TPSA) is 121 Å². The van der Waals surface area contributed by atoms with Crippen molar-refractivity contribution in [3.63, 3.8) is 0 Å². The van der Waals surface area contributed by atoms with Crippen LogP contribution in [0, 0.1) is 0 Å². The molecule has 0 unspecified atom stereocenters. The number of sulfonamides is 1. The average molecular weight is 291 g/mol. The van der Waals surface area contributed by atoms with Gasteiger partial charge >= 0.3 is 5.69 Å². The molecule has 0 fully saturated rings. The van der Waals surface area contributed by atoms with Gasteiger partial charge in [0.2, 0.25) is 15.9 Å². The smallest absolute Gasteiger partial charge is 0.331 e. The number of H-pyrrole nitrogens is 1. The van der Waals surface area contributed by atoms with Gasteiger partial charge in [-0.3, -0.25) is 14.3 Å². The molecular formula is C10H17N3O5S. The summed E-state index contributed by atoms with van der Waals surface area (Å²) in [6.07, 6.45) is 0. The van der Waals surface area contributed by atoms with Crippen LogP contribution in [0.3, 0.4) is 0 Å². The van der Waals surface area contributed by atoms with E-state index in [9.17, 15) is 23.1 Å². The first kappa shape index (κ1) is 15.4. The zero-order valence-electron chi connectivity index (χ0n) is 10.9. The van der Waals surface area contributed by atoms with E-state index in [4.69, 9.17) is 0 Å². The Kier molecular flexibility index (Phi) is 4.53. The fraction of sp³-hybridized carbons (Fsp3) is 0.600. The van der Waals surface area contributed by atoms with Gasteiger partial charge in [0.25, 0.3) is 5.56 Å². The van der Waals surface area contributed by atoms with Crippen LogP contribution < -0.4 is 16.0 Å². The van der Waals surface area contributed by atoms with E-state index in [2.05, 4.69) is 9.71 Å². The summed E-state index contributed by atoms with van der Waals surface area (Å²) in [6.45, 7) is 3.12. The van der Waals surface area contributed by atoms with E-state index >= 15 is 0 Å². The third kappa shape index (κ3) is 3.44. The molecular weight excluding hydrogens is 274 g/mol. The normalized spacial score (nSPS) is 12.0. The molecule has 0 spiro atoms. The molecule has 0 saturated carbocycles. The predicted octanol–water partition coefficient (Wildman–Crippen LogP) is -1.09.